The Morgan fingerprint density at radius 1 is 1.00 bits per heavy atom. The van der Waals surface area contributed by atoms with Crippen LogP contribution >= 0.6 is 0 Å². The Hall–Kier alpha value is -3.02. The van der Waals surface area contributed by atoms with Crippen LogP contribution in [0.2, 0.25) is 0 Å². The number of nitrogens with one attached hydrogen (secondary N) is 1. The van der Waals surface area contributed by atoms with Crippen LogP contribution in [0, 0.1) is 13.8 Å². The first-order valence-corrected chi connectivity index (χ1v) is 7.96. The van der Waals surface area contributed by atoms with E-state index in [9.17, 15) is 9.59 Å². The van der Waals surface area contributed by atoms with Gasteiger partial charge in [0.05, 0.1) is 12.1 Å². The predicted molar refractivity (Wildman–Crippen MR) is 94.9 cm³/mol. The lowest BCUT2D eigenvalue weighted by atomic mass is 10.1. The van der Waals surface area contributed by atoms with Crippen LogP contribution in [0.4, 0.5) is 0 Å². The Morgan fingerprint density at radius 2 is 1.68 bits per heavy atom. The zero-order valence-electron chi connectivity index (χ0n) is 14.4. The van der Waals surface area contributed by atoms with Crippen LogP contribution in [0.3, 0.4) is 0 Å². The third-order valence-electron chi connectivity index (χ3n) is 3.54. The van der Waals surface area contributed by atoms with E-state index in [1.165, 1.54) is 0 Å². The van der Waals surface area contributed by atoms with Gasteiger partial charge in [-0.1, -0.05) is 30.3 Å². The lowest BCUT2D eigenvalue weighted by molar-refractivity contribution is -0.119. The normalized spacial score (nSPS) is 10.2. The van der Waals surface area contributed by atoms with Crippen molar-refractivity contribution < 1.29 is 19.1 Å². The third-order valence-corrected chi connectivity index (χ3v) is 3.54. The van der Waals surface area contributed by atoms with Crippen molar-refractivity contribution in [3.63, 3.8) is 0 Å². The van der Waals surface area contributed by atoms with Crippen LogP contribution in [-0.2, 0) is 4.79 Å². The Morgan fingerprint density at radius 3 is 2.36 bits per heavy atom. The van der Waals surface area contributed by atoms with E-state index in [1.807, 2.05) is 32.0 Å². The second-order valence-corrected chi connectivity index (χ2v) is 5.58. The average molecular weight is 342 g/mol. The minimum atomic E-state index is -0.600. The van der Waals surface area contributed by atoms with E-state index in [4.69, 9.17) is 15.2 Å². The van der Waals surface area contributed by atoms with Gasteiger partial charge in [-0.3, -0.25) is 9.59 Å². The van der Waals surface area contributed by atoms with Crippen molar-refractivity contribution in [3.05, 3.63) is 59.2 Å². The highest BCUT2D eigenvalue weighted by molar-refractivity contribution is 5.97. The van der Waals surface area contributed by atoms with Gasteiger partial charge in [0, 0.05) is 0 Å². The number of aryl methyl sites for hydroxylation is 2. The topological polar surface area (TPSA) is 90.7 Å². The van der Waals surface area contributed by atoms with Crippen molar-refractivity contribution in [1.29, 1.82) is 0 Å². The van der Waals surface area contributed by atoms with Crippen LogP contribution in [-0.4, -0.2) is 31.6 Å². The minimum Gasteiger partial charge on any atom is -0.491 e. The van der Waals surface area contributed by atoms with E-state index in [-0.39, 0.29) is 12.5 Å². The molecule has 2 aromatic carbocycles. The van der Waals surface area contributed by atoms with Gasteiger partial charge >= 0.3 is 0 Å². The molecule has 0 atom stereocenters. The highest BCUT2D eigenvalue weighted by atomic mass is 16.5. The van der Waals surface area contributed by atoms with Gasteiger partial charge in [0.15, 0.2) is 6.61 Å². The van der Waals surface area contributed by atoms with Crippen LogP contribution in [0.1, 0.15) is 21.5 Å². The second kappa shape index (κ2) is 8.73. The lowest BCUT2D eigenvalue weighted by Gasteiger charge is -2.13. The van der Waals surface area contributed by atoms with E-state index in [0.717, 1.165) is 16.9 Å². The van der Waals surface area contributed by atoms with Gasteiger partial charge in [0.25, 0.3) is 11.8 Å². The molecule has 0 bridgehead atoms. The maximum absolute atomic E-state index is 12.3. The first-order chi connectivity index (χ1) is 12.0. The molecule has 6 nitrogen and oxygen atoms in total. The first-order valence-electron chi connectivity index (χ1n) is 7.96. The zero-order chi connectivity index (χ0) is 18.2. The molecule has 0 aliphatic carbocycles. The number of nitrogens with two attached hydrogens (primary N) is 1. The molecule has 0 saturated carbocycles. The SMILES string of the molecule is Cc1cccc(C)c1OCCNC(=O)c1ccccc1OCC(N)=O. The van der Waals surface area contributed by atoms with Crippen molar-refractivity contribution in [2.45, 2.75) is 13.8 Å². The summed E-state index contributed by atoms with van der Waals surface area (Å²) in [6.07, 6.45) is 0. The number of carbonyl (C=O) groups is 2. The molecule has 25 heavy (non-hydrogen) atoms. The number of amides is 2. The van der Waals surface area contributed by atoms with Crippen molar-refractivity contribution in [3.8, 4) is 11.5 Å². The average Bonchev–Trinajstić information content (AvgIpc) is 2.59. The number of carbonyl (C=O) groups excluding carboxylic acids is 2. The van der Waals surface area contributed by atoms with Gasteiger partial charge in [0.1, 0.15) is 18.1 Å². The molecule has 0 fully saturated rings. The maximum Gasteiger partial charge on any atom is 0.255 e. The summed E-state index contributed by atoms with van der Waals surface area (Å²) in [6.45, 7) is 4.37. The number of hydrogen-bond acceptors (Lipinski definition) is 4. The summed E-state index contributed by atoms with van der Waals surface area (Å²) in [5.41, 5.74) is 7.51. The molecule has 2 amide bonds. The monoisotopic (exact) mass is 342 g/mol. The summed E-state index contributed by atoms with van der Waals surface area (Å²) >= 11 is 0. The van der Waals surface area contributed by atoms with Gasteiger partial charge in [-0.05, 0) is 37.1 Å². The molecule has 0 aromatic heterocycles. The molecule has 3 N–H and O–H groups in total. The number of ether oxygens (including phenoxy) is 2. The summed E-state index contributed by atoms with van der Waals surface area (Å²) in [7, 11) is 0. The van der Waals surface area contributed by atoms with Crippen LogP contribution in [0.5, 0.6) is 11.5 Å². The molecular weight excluding hydrogens is 320 g/mol. The van der Waals surface area contributed by atoms with E-state index >= 15 is 0 Å². The second-order valence-electron chi connectivity index (χ2n) is 5.58. The number of rotatable bonds is 8. The molecule has 0 radical (unpaired) electrons. The summed E-state index contributed by atoms with van der Waals surface area (Å²) in [5.74, 6) is 0.249. The quantitative estimate of drug-likeness (QED) is 0.718. The van der Waals surface area contributed by atoms with E-state index < -0.39 is 5.91 Å². The first kappa shape index (κ1) is 18.3. The van der Waals surface area contributed by atoms with E-state index in [0.29, 0.717) is 24.5 Å². The minimum absolute atomic E-state index is 0.278. The summed E-state index contributed by atoms with van der Waals surface area (Å²) in [6, 6.07) is 12.6. The largest absolute Gasteiger partial charge is 0.491 e. The standard InChI is InChI=1S/C19H22N2O4/c1-13-6-5-7-14(2)18(13)24-11-10-21-19(23)15-8-3-4-9-16(15)25-12-17(20)22/h3-9H,10-12H2,1-2H3,(H2,20,22)(H,21,23). The smallest absolute Gasteiger partial charge is 0.255 e. The number of hydrogen-bond donors (Lipinski definition) is 2. The number of benzene rings is 2. The maximum atomic E-state index is 12.3. The molecule has 0 aliphatic heterocycles. The summed E-state index contributed by atoms with van der Waals surface area (Å²) < 4.78 is 11.0. The summed E-state index contributed by atoms with van der Waals surface area (Å²) in [5, 5.41) is 2.78. The fraction of sp³-hybridized carbons (Fsp3) is 0.263. The molecule has 0 spiro atoms. The van der Waals surface area contributed by atoms with Crippen molar-refractivity contribution >= 4 is 11.8 Å². The number of primary amides is 1. The Bertz CT molecular complexity index is 739. The number of para-hydroxylation sites is 2. The summed E-state index contributed by atoms with van der Waals surface area (Å²) in [4.78, 5) is 23.1. The van der Waals surface area contributed by atoms with E-state index in [2.05, 4.69) is 5.32 Å². The fourth-order valence-electron chi connectivity index (χ4n) is 2.37. The Balaban J connectivity index is 1.89. The van der Waals surface area contributed by atoms with Crippen LogP contribution in [0.15, 0.2) is 42.5 Å². The molecule has 2 aromatic rings. The van der Waals surface area contributed by atoms with Gasteiger partial charge in [0.2, 0.25) is 0 Å². The van der Waals surface area contributed by atoms with Gasteiger partial charge < -0.3 is 20.5 Å². The van der Waals surface area contributed by atoms with Gasteiger partial charge in [-0.2, -0.15) is 0 Å². The molecule has 2 rings (SSSR count). The van der Waals surface area contributed by atoms with Crippen LogP contribution in [0.25, 0.3) is 0 Å². The Kier molecular flexibility index (Phi) is 6.39. The predicted octanol–water partition coefficient (Wildman–Crippen LogP) is 1.98. The van der Waals surface area contributed by atoms with Crippen molar-refractivity contribution in [2.75, 3.05) is 19.8 Å². The molecule has 6 heteroatoms. The molecule has 0 saturated heterocycles. The Labute approximate surface area is 146 Å². The van der Waals surface area contributed by atoms with E-state index in [1.54, 1.807) is 24.3 Å². The van der Waals surface area contributed by atoms with Crippen molar-refractivity contribution in [2.24, 2.45) is 5.73 Å². The zero-order valence-corrected chi connectivity index (χ0v) is 14.4. The fourth-order valence-corrected chi connectivity index (χ4v) is 2.37. The highest BCUT2D eigenvalue weighted by Gasteiger charge is 2.12. The molecule has 132 valence electrons. The molecule has 0 unspecified atom stereocenters. The van der Waals surface area contributed by atoms with Gasteiger partial charge in [-0.15, -0.1) is 0 Å². The molecule has 0 aliphatic rings. The third kappa shape index (κ3) is 5.24. The molecular formula is C19H22N2O4. The van der Waals surface area contributed by atoms with Gasteiger partial charge in [-0.25, -0.2) is 0 Å². The van der Waals surface area contributed by atoms with Crippen LogP contribution < -0.4 is 20.5 Å². The highest BCUT2D eigenvalue weighted by Crippen LogP contribution is 2.22. The molecule has 0 heterocycles. The lowest BCUT2D eigenvalue weighted by Crippen LogP contribution is -2.29. The van der Waals surface area contributed by atoms with Crippen molar-refractivity contribution in [1.82, 2.24) is 5.32 Å².